The fraction of sp³-hybridized carbons (Fsp3) is 0.458. The van der Waals surface area contributed by atoms with Crippen LogP contribution in [0.15, 0.2) is 42.5 Å². The first-order valence-electron chi connectivity index (χ1n) is 10.7. The molecule has 2 fully saturated rings. The Morgan fingerprint density at radius 2 is 1.97 bits per heavy atom. The Morgan fingerprint density at radius 1 is 1.23 bits per heavy atom. The van der Waals surface area contributed by atoms with Crippen molar-refractivity contribution in [2.45, 2.75) is 44.4 Å². The minimum Gasteiger partial charge on any atom is -0.491 e. The molecular weight excluding hydrogens is 402 g/mol. The zero-order chi connectivity index (χ0) is 22.0. The van der Waals surface area contributed by atoms with Crippen LogP contribution in [0.5, 0.6) is 5.75 Å². The molecule has 0 aliphatic carbocycles. The lowest BCUT2D eigenvalue weighted by molar-refractivity contribution is -0.122. The first-order valence-corrected chi connectivity index (χ1v) is 10.7. The first-order chi connectivity index (χ1) is 14.9. The van der Waals surface area contributed by atoms with Crippen LogP contribution in [0.1, 0.15) is 37.3 Å². The van der Waals surface area contributed by atoms with E-state index < -0.39 is 23.1 Å². The third-order valence-electron chi connectivity index (χ3n) is 5.86. The van der Waals surface area contributed by atoms with Gasteiger partial charge in [-0.25, -0.2) is 8.78 Å². The smallest absolute Gasteiger partial charge is 0.222 e. The molecule has 4 rings (SSSR count). The van der Waals surface area contributed by atoms with Crippen molar-refractivity contribution in [2.75, 3.05) is 26.3 Å². The number of ether oxygens (including phenoxy) is 2. The standard InChI is InChI=1S/C24H28F2N2O3/c1-16(2)31-18-6-3-5-17(11-18)12-28-13-19(23-20(25)7-4-8-21(23)26)24(14-28)15-30-10-9-22(29)27-24/h3-8,11,16,19H,9-10,12-15H2,1-2H3,(H,27,29)/t19-,24-/m0/s1. The molecule has 0 saturated carbocycles. The van der Waals surface area contributed by atoms with Crippen LogP contribution >= 0.6 is 0 Å². The van der Waals surface area contributed by atoms with Crippen LogP contribution in [-0.2, 0) is 16.1 Å². The predicted molar refractivity (Wildman–Crippen MR) is 113 cm³/mol. The summed E-state index contributed by atoms with van der Waals surface area (Å²) in [6.45, 7) is 5.86. The summed E-state index contributed by atoms with van der Waals surface area (Å²) in [5.74, 6) is -1.14. The molecule has 2 heterocycles. The number of likely N-dealkylation sites (tertiary alicyclic amines) is 1. The van der Waals surface area contributed by atoms with Crippen molar-refractivity contribution in [3.8, 4) is 5.75 Å². The SMILES string of the molecule is CC(C)Oc1cccc(CN2C[C@@H](c3c(F)cccc3F)[C@@]3(COCCC(=O)N3)C2)c1. The van der Waals surface area contributed by atoms with Gasteiger partial charge in [0.1, 0.15) is 17.4 Å². The van der Waals surface area contributed by atoms with E-state index in [1.165, 1.54) is 18.2 Å². The fourth-order valence-electron chi connectivity index (χ4n) is 4.65. The van der Waals surface area contributed by atoms with Crippen LogP contribution in [0.2, 0.25) is 0 Å². The van der Waals surface area contributed by atoms with Crippen LogP contribution in [0, 0.1) is 11.6 Å². The number of hydrogen-bond acceptors (Lipinski definition) is 4. The molecule has 1 N–H and O–H groups in total. The van der Waals surface area contributed by atoms with Gasteiger partial charge in [-0.1, -0.05) is 18.2 Å². The summed E-state index contributed by atoms with van der Waals surface area (Å²) in [6, 6.07) is 11.7. The number of rotatable bonds is 5. The Kier molecular flexibility index (Phi) is 6.25. The number of carbonyl (C=O) groups is 1. The molecule has 2 atom stereocenters. The number of amides is 1. The van der Waals surface area contributed by atoms with Crippen molar-refractivity contribution in [2.24, 2.45) is 0 Å². The van der Waals surface area contributed by atoms with Crippen molar-refractivity contribution in [3.63, 3.8) is 0 Å². The molecule has 166 valence electrons. The highest BCUT2D eigenvalue weighted by atomic mass is 19.1. The molecule has 2 saturated heterocycles. The normalized spacial score (nSPS) is 24.4. The summed E-state index contributed by atoms with van der Waals surface area (Å²) in [5, 5.41) is 3.05. The van der Waals surface area contributed by atoms with E-state index in [4.69, 9.17) is 9.47 Å². The molecule has 2 aliphatic heterocycles. The molecular formula is C24H28F2N2O3. The largest absolute Gasteiger partial charge is 0.491 e. The number of hydrogen-bond donors (Lipinski definition) is 1. The van der Waals surface area contributed by atoms with E-state index in [0.717, 1.165) is 11.3 Å². The van der Waals surface area contributed by atoms with Gasteiger partial charge in [-0.15, -0.1) is 0 Å². The summed E-state index contributed by atoms with van der Waals surface area (Å²) < 4.78 is 41.0. The summed E-state index contributed by atoms with van der Waals surface area (Å²) >= 11 is 0. The molecule has 0 unspecified atom stereocenters. The molecule has 0 aromatic heterocycles. The molecule has 0 bridgehead atoms. The quantitative estimate of drug-likeness (QED) is 0.787. The Morgan fingerprint density at radius 3 is 2.71 bits per heavy atom. The third kappa shape index (κ3) is 4.72. The number of benzene rings is 2. The van der Waals surface area contributed by atoms with Crippen LogP contribution in [-0.4, -0.2) is 48.8 Å². The molecule has 5 nitrogen and oxygen atoms in total. The Bertz CT molecular complexity index is 932. The van der Waals surface area contributed by atoms with E-state index in [0.29, 0.717) is 26.2 Å². The molecule has 2 aromatic rings. The summed E-state index contributed by atoms with van der Waals surface area (Å²) in [4.78, 5) is 14.5. The maximum absolute atomic E-state index is 14.7. The van der Waals surface area contributed by atoms with Gasteiger partial charge in [-0.3, -0.25) is 9.69 Å². The molecule has 1 spiro atoms. The topological polar surface area (TPSA) is 50.8 Å². The predicted octanol–water partition coefficient (Wildman–Crippen LogP) is 3.63. The van der Waals surface area contributed by atoms with E-state index in [9.17, 15) is 13.6 Å². The van der Waals surface area contributed by atoms with Crippen LogP contribution in [0.25, 0.3) is 0 Å². The molecule has 31 heavy (non-hydrogen) atoms. The molecule has 1 amide bonds. The average Bonchev–Trinajstić information content (AvgIpc) is 2.89. The van der Waals surface area contributed by atoms with Gasteiger partial charge >= 0.3 is 0 Å². The van der Waals surface area contributed by atoms with E-state index in [1.54, 1.807) is 0 Å². The van der Waals surface area contributed by atoms with Crippen LogP contribution in [0.3, 0.4) is 0 Å². The number of nitrogens with one attached hydrogen (secondary N) is 1. The molecule has 0 radical (unpaired) electrons. The lowest BCUT2D eigenvalue weighted by atomic mass is 9.81. The minimum atomic E-state index is -0.886. The van der Waals surface area contributed by atoms with Gasteiger partial charge < -0.3 is 14.8 Å². The monoisotopic (exact) mass is 430 g/mol. The number of halogens is 2. The van der Waals surface area contributed by atoms with E-state index in [-0.39, 0.29) is 30.6 Å². The second kappa shape index (κ2) is 8.93. The van der Waals surface area contributed by atoms with Crippen LogP contribution < -0.4 is 10.1 Å². The summed E-state index contributed by atoms with van der Waals surface area (Å²) in [5.41, 5.74) is 0.152. The van der Waals surface area contributed by atoms with Crippen molar-refractivity contribution in [1.82, 2.24) is 10.2 Å². The highest BCUT2D eigenvalue weighted by Gasteiger charge is 2.51. The second-order valence-corrected chi connectivity index (χ2v) is 8.68. The number of carbonyl (C=O) groups excluding carboxylic acids is 1. The number of nitrogens with zero attached hydrogens (tertiary/aromatic N) is 1. The van der Waals surface area contributed by atoms with Crippen molar-refractivity contribution >= 4 is 5.91 Å². The maximum Gasteiger partial charge on any atom is 0.222 e. The van der Waals surface area contributed by atoms with E-state index in [2.05, 4.69) is 10.2 Å². The Labute approximate surface area is 181 Å². The Balaban J connectivity index is 1.64. The van der Waals surface area contributed by atoms with Gasteiger partial charge in [0.25, 0.3) is 0 Å². The molecule has 2 aromatic carbocycles. The lowest BCUT2D eigenvalue weighted by Crippen LogP contribution is -2.55. The van der Waals surface area contributed by atoms with Crippen LogP contribution in [0.4, 0.5) is 8.78 Å². The van der Waals surface area contributed by atoms with Gasteiger partial charge in [0, 0.05) is 37.5 Å². The van der Waals surface area contributed by atoms with Crippen molar-refractivity contribution in [1.29, 1.82) is 0 Å². The van der Waals surface area contributed by atoms with Gasteiger partial charge in [0.05, 0.1) is 24.9 Å². The molecule has 7 heteroatoms. The first kappa shape index (κ1) is 21.7. The van der Waals surface area contributed by atoms with Gasteiger partial charge in [-0.2, -0.15) is 0 Å². The van der Waals surface area contributed by atoms with E-state index >= 15 is 0 Å². The zero-order valence-electron chi connectivity index (χ0n) is 17.9. The Hall–Kier alpha value is -2.51. The average molecular weight is 430 g/mol. The van der Waals surface area contributed by atoms with E-state index in [1.807, 2.05) is 38.1 Å². The van der Waals surface area contributed by atoms with Gasteiger partial charge in [0.2, 0.25) is 5.91 Å². The fourth-order valence-corrected chi connectivity index (χ4v) is 4.65. The highest BCUT2D eigenvalue weighted by Crippen LogP contribution is 2.40. The summed E-state index contributed by atoms with van der Waals surface area (Å²) in [6.07, 6.45) is 0.306. The van der Waals surface area contributed by atoms with Gasteiger partial charge in [-0.05, 0) is 43.7 Å². The molecule has 2 aliphatic rings. The van der Waals surface area contributed by atoms with Crippen molar-refractivity contribution < 1.29 is 23.0 Å². The minimum absolute atomic E-state index is 0.00712. The second-order valence-electron chi connectivity index (χ2n) is 8.68. The lowest BCUT2D eigenvalue weighted by Gasteiger charge is -2.34. The maximum atomic E-state index is 14.7. The van der Waals surface area contributed by atoms with Crippen molar-refractivity contribution in [3.05, 3.63) is 65.2 Å². The highest BCUT2D eigenvalue weighted by molar-refractivity contribution is 5.77. The summed E-state index contributed by atoms with van der Waals surface area (Å²) in [7, 11) is 0. The third-order valence-corrected chi connectivity index (χ3v) is 5.86. The zero-order valence-corrected chi connectivity index (χ0v) is 17.9. The van der Waals surface area contributed by atoms with Gasteiger partial charge in [0.15, 0.2) is 0 Å².